The number of aliphatic hydroxyl groups excluding tert-OH is 1. The third-order valence-corrected chi connectivity index (χ3v) is 2.19. The topological polar surface area (TPSA) is 37.3 Å². The highest BCUT2D eigenvalue weighted by Crippen LogP contribution is 2.15. The predicted octanol–water partition coefficient (Wildman–Crippen LogP) is 1.23. The van der Waals surface area contributed by atoms with Crippen LogP contribution in [0.3, 0.4) is 0 Å². The van der Waals surface area contributed by atoms with Crippen molar-refractivity contribution in [3.63, 3.8) is 0 Å². The quantitative estimate of drug-likeness (QED) is 0.646. The van der Waals surface area contributed by atoms with E-state index >= 15 is 0 Å². The van der Waals surface area contributed by atoms with Crippen molar-refractivity contribution >= 4 is 5.78 Å². The zero-order chi connectivity index (χ0) is 8.31. The number of rotatable bonds is 3. The van der Waals surface area contributed by atoms with Crippen LogP contribution in [0.5, 0.6) is 0 Å². The van der Waals surface area contributed by atoms with E-state index in [0.717, 1.165) is 0 Å². The smallest absolute Gasteiger partial charge is 0.132 e. The van der Waals surface area contributed by atoms with Gasteiger partial charge in [-0.1, -0.05) is 13.8 Å². The third-order valence-electron chi connectivity index (χ3n) is 2.19. The fourth-order valence-electron chi connectivity index (χ4n) is 0.788. The Hall–Kier alpha value is -0.370. The van der Waals surface area contributed by atoms with Crippen molar-refractivity contribution in [2.75, 3.05) is 0 Å². The Bertz CT molecular complexity index is 118. The Morgan fingerprint density at radius 2 is 1.70 bits per heavy atom. The standard InChI is InChI=1S/C8H16O2/c1-5(7(3)9)6(2)8(4)10/h5-7,9H,1-4H3. The normalized spacial score (nSPS) is 19.7. The summed E-state index contributed by atoms with van der Waals surface area (Å²) in [5, 5.41) is 9.09. The molecule has 2 heteroatoms. The monoisotopic (exact) mass is 144 g/mol. The number of Topliss-reactive ketones (excluding diaryl/α,β-unsaturated/α-hetero) is 1. The van der Waals surface area contributed by atoms with E-state index in [9.17, 15) is 4.79 Å². The maximum Gasteiger partial charge on any atom is 0.132 e. The molecule has 0 aromatic rings. The lowest BCUT2D eigenvalue weighted by atomic mass is 9.89. The summed E-state index contributed by atoms with van der Waals surface area (Å²) in [6.07, 6.45) is -0.390. The highest BCUT2D eigenvalue weighted by atomic mass is 16.3. The molecule has 0 bridgehead atoms. The lowest BCUT2D eigenvalue weighted by Crippen LogP contribution is -2.25. The molecule has 3 atom stereocenters. The molecule has 60 valence electrons. The zero-order valence-electron chi connectivity index (χ0n) is 7.09. The molecule has 10 heavy (non-hydrogen) atoms. The fourth-order valence-corrected chi connectivity index (χ4v) is 0.788. The van der Waals surface area contributed by atoms with Crippen LogP contribution in [0.15, 0.2) is 0 Å². The molecule has 1 N–H and O–H groups in total. The number of carbonyl (C=O) groups excluding carboxylic acids is 1. The van der Waals surface area contributed by atoms with Crippen molar-refractivity contribution in [1.82, 2.24) is 0 Å². The Morgan fingerprint density at radius 1 is 1.30 bits per heavy atom. The number of hydrogen-bond donors (Lipinski definition) is 1. The van der Waals surface area contributed by atoms with Crippen LogP contribution < -0.4 is 0 Å². The minimum atomic E-state index is -0.390. The summed E-state index contributed by atoms with van der Waals surface area (Å²) in [6.45, 7) is 7.00. The van der Waals surface area contributed by atoms with Gasteiger partial charge < -0.3 is 5.11 Å². The molecule has 2 nitrogen and oxygen atoms in total. The first kappa shape index (κ1) is 9.63. The van der Waals surface area contributed by atoms with Gasteiger partial charge in [-0.15, -0.1) is 0 Å². The molecule has 0 aliphatic carbocycles. The molecule has 0 amide bonds. The van der Waals surface area contributed by atoms with Crippen LogP contribution in [0, 0.1) is 11.8 Å². The summed E-state index contributed by atoms with van der Waals surface area (Å²) in [4.78, 5) is 10.8. The maximum absolute atomic E-state index is 10.8. The molecule has 0 saturated carbocycles. The molecule has 0 fully saturated rings. The van der Waals surface area contributed by atoms with E-state index in [4.69, 9.17) is 5.11 Å². The van der Waals surface area contributed by atoms with Gasteiger partial charge in [0.25, 0.3) is 0 Å². The van der Waals surface area contributed by atoms with Crippen molar-refractivity contribution < 1.29 is 9.90 Å². The lowest BCUT2D eigenvalue weighted by Gasteiger charge is -2.19. The van der Waals surface area contributed by atoms with Gasteiger partial charge in [0.05, 0.1) is 6.10 Å². The number of aliphatic hydroxyl groups is 1. The molecule has 3 unspecified atom stereocenters. The van der Waals surface area contributed by atoms with Crippen molar-refractivity contribution in [3.05, 3.63) is 0 Å². The Labute approximate surface area is 62.2 Å². The van der Waals surface area contributed by atoms with E-state index < -0.39 is 0 Å². The predicted molar refractivity (Wildman–Crippen MR) is 40.7 cm³/mol. The Kier molecular flexibility index (Phi) is 3.58. The Morgan fingerprint density at radius 3 is 1.80 bits per heavy atom. The average Bonchev–Trinajstić information content (AvgIpc) is 1.84. The summed E-state index contributed by atoms with van der Waals surface area (Å²) >= 11 is 0. The fraction of sp³-hybridized carbons (Fsp3) is 0.875. The molecule has 0 aromatic carbocycles. The molecule has 0 spiro atoms. The van der Waals surface area contributed by atoms with Gasteiger partial charge in [-0.05, 0) is 19.8 Å². The van der Waals surface area contributed by atoms with Gasteiger partial charge in [0.15, 0.2) is 0 Å². The van der Waals surface area contributed by atoms with Crippen LogP contribution in [0.1, 0.15) is 27.7 Å². The van der Waals surface area contributed by atoms with Gasteiger partial charge in [-0.25, -0.2) is 0 Å². The second kappa shape index (κ2) is 3.71. The first-order valence-electron chi connectivity index (χ1n) is 3.65. The van der Waals surface area contributed by atoms with Crippen molar-refractivity contribution in [2.45, 2.75) is 33.8 Å². The van der Waals surface area contributed by atoms with Gasteiger partial charge in [0.2, 0.25) is 0 Å². The molecular formula is C8H16O2. The molecule has 0 radical (unpaired) electrons. The van der Waals surface area contributed by atoms with Crippen LogP contribution in [-0.4, -0.2) is 17.0 Å². The van der Waals surface area contributed by atoms with Crippen LogP contribution in [-0.2, 0) is 4.79 Å². The molecular weight excluding hydrogens is 128 g/mol. The van der Waals surface area contributed by atoms with Crippen LogP contribution in [0.2, 0.25) is 0 Å². The maximum atomic E-state index is 10.8. The van der Waals surface area contributed by atoms with E-state index in [2.05, 4.69) is 0 Å². The van der Waals surface area contributed by atoms with Crippen LogP contribution >= 0.6 is 0 Å². The van der Waals surface area contributed by atoms with Crippen molar-refractivity contribution in [2.24, 2.45) is 11.8 Å². The van der Waals surface area contributed by atoms with Gasteiger partial charge in [-0.3, -0.25) is 4.79 Å². The highest BCUT2D eigenvalue weighted by molar-refractivity contribution is 5.78. The Balaban J connectivity index is 3.94. The van der Waals surface area contributed by atoms with Gasteiger partial charge in [0, 0.05) is 5.92 Å². The molecule has 0 rings (SSSR count). The minimum absolute atomic E-state index is 0.0278. The highest BCUT2D eigenvalue weighted by Gasteiger charge is 2.20. The number of carbonyl (C=O) groups is 1. The third kappa shape index (κ3) is 2.48. The van der Waals surface area contributed by atoms with E-state index in [1.54, 1.807) is 13.8 Å². The summed E-state index contributed by atoms with van der Waals surface area (Å²) in [5.74, 6) is 0.186. The van der Waals surface area contributed by atoms with Crippen molar-refractivity contribution in [3.8, 4) is 0 Å². The van der Waals surface area contributed by atoms with E-state index in [1.807, 2.05) is 13.8 Å². The molecule has 0 aromatic heterocycles. The number of ketones is 1. The second-order valence-corrected chi connectivity index (χ2v) is 3.00. The molecule has 0 aliphatic rings. The molecule has 0 heterocycles. The minimum Gasteiger partial charge on any atom is -0.393 e. The van der Waals surface area contributed by atoms with Gasteiger partial charge in [-0.2, -0.15) is 0 Å². The SMILES string of the molecule is CC(=O)C(C)C(C)C(C)O. The largest absolute Gasteiger partial charge is 0.393 e. The first-order chi connectivity index (χ1) is 4.46. The van der Waals surface area contributed by atoms with Gasteiger partial charge >= 0.3 is 0 Å². The average molecular weight is 144 g/mol. The van der Waals surface area contributed by atoms with E-state index in [-0.39, 0.29) is 23.7 Å². The molecule has 0 aliphatic heterocycles. The molecule has 0 saturated heterocycles. The van der Waals surface area contributed by atoms with Crippen LogP contribution in [0.4, 0.5) is 0 Å². The second-order valence-electron chi connectivity index (χ2n) is 3.00. The summed E-state index contributed by atoms with van der Waals surface area (Å²) < 4.78 is 0. The van der Waals surface area contributed by atoms with E-state index in [1.165, 1.54) is 0 Å². The van der Waals surface area contributed by atoms with Crippen molar-refractivity contribution in [1.29, 1.82) is 0 Å². The van der Waals surface area contributed by atoms with Gasteiger partial charge in [0.1, 0.15) is 5.78 Å². The number of hydrogen-bond acceptors (Lipinski definition) is 2. The lowest BCUT2D eigenvalue weighted by molar-refractivity contribution is -0.122. The van der Waals surface area contributed by atoms with Crippen LogP contribution in [0.25, 0.3) is 0 Å². The summed E-state index contributed by atoms with van der Waals surface area (Å²) in [7, 11) is 0. The first-order valence-corrected chi connectivity index (χ1v) is 3.65. The van der Waals surface area contributed by atoms with E-state index in [0.29, 0.717) is 0 Å². The zero-order valence-corrected chi connectivity index (χ0v) is 7.09. The summed E-state index contributed by atoms with van der Waals surface area (Å²) in [5.41, 5.74) is 0. The summed E-state index contributed by atoms with van der Waals surface area (Å²) in [6, 6.07) is 0.